The van der Waals surface area contributed by atoms with E-state index in [2.05, 4.69) is 9.72 Å². The third kappa shape index (κ3) is 2.79. The molecule has 0 spiro atoms. The number of Topliss-reactive ketones (excluding diaryl/α,β-unsaturated/α-hetero) is 1. The highest BCUT2D eigenvalue weighted by molar-refractivity contribution is 6.30. The van der Waals surface area contributed by atoms with E-state index in [-0.39, 0.29) is 11.5 Å². The summed E-state index contributed by atoms with van der Waals surface area (Å²) in [7, 11) is 1.26. The van der Waals surface area contributed by atoms with Crippen molar-refractivity contribution < 1.29 is 14.3 Å². The molecule has 1 unspecified atom stereocenters. The number of esters is 1. The van der Waals surface area contributed by atoms with Gasteiger partial charge in [-0.15, -0.1) is 0 Å². The van der Waals surface area contributed by atoms with E-state index in [4.69, 9.17) is 11.6 Å². The molecule has 5 heteroatoms. The number of ether oxygens (including phenoxy) is 1. The van der Waals surface area contributed by atoms with Crippen molar-refractivity contribution in [3.63, 3.8) is 0 Å². The minimum Gasteiger partial charge on any atom is -0.468 e. The SMILES string of the molecule is CCC(C(=O)OC)C(=O)c1ccc(Cl)cn1. The van der Waals surface area contributed by atoms with Crippen molar-refractivity contribution in [3.05, 3.63) is 29.0 Å². The largest absolute Gasteiger partial charge is 0.468 e. The van der Waals surface area contributed by atoms with Crippen LogP contribution in [-0.4, -0.2) is 23.8 Å². The topological polar surface area (TPSA) is 56.3 Å². The molecule has 86 valence electrons. The first-order chi connectivity index (χ1) is 7.60. The second-order valence-corrected chi connectivity index (χ2v) is 3.65. The van der Waals surface area contributed by atoms with Crippen molar-refractivity contribution in [2.75, 3.05) is 7.11 Å². The predicted octanol–water partition coefficient (Wildman–Crippen LogP) is 2.12. The molecule has 0 saturated heterocycles. The van der Waals surface area contributed by atoms with Crippen LogP contribution >= 0.6 is 11.6 Å². The Labute approximate surface area is 98.6 Å². The zero-order chi connectivity index (χ0) is 12.1. The van der Waals surface area contributed by atoms with Crippen LogP contribution in [-0.2, 0) is 9.53 Å². The number of methoxy groups -OCH3 is 1. The van der Waals surface area contributed by atoms with Gasteiger partial charge in [-0.05, 0) is 18.6 Å². The van der Waals surface area contributed by atoms with E-state index in [1.54, 1.807) is 13.0 Å². The molecule has 0 saturated carbocycles. The molecular weight excluding hydrogens is 230 g/mol. The molecular formula is C11H12ClNO3. The van der Waals surface area contributed by atoms with Gasteiger partial charge in [0.2, 0.25) is 0 Å². The van der Waals surface area contributed by atoms with E-state index < -0.39 is 11.9 Å². The van der Waals surface area contributed by atoms with Crippen LogP contribution in [0.5, 0.6) is 0 Å². The van der Waals surface area contributed by atoms with Crippen molar-refractivity contribution in [1.82, 2.24) is 4.98 Å². The van der Waals surface area contributed by atoms with Gasteiger partial charge in [0.15, 0.2) is 5.78 Å². The monoisotopic (exact) mass is 241 g/mol. The van der Waals surface area contributed by atoms with Crippen LogP contribution in [0.4, 0.5) is 0 Å². The van der Waals surface area contributed by atoms with Crippen LogP contribution in [0, 0.1) is 5.92 Å². The summed E-state index contributed by atoms with van der Waals surface area (Å²) in [5, 5.41) is 0.447. The number of halogens is 1. The van der Waals surface area contributed by atoms with Gasteiger partial charge in [-0.1, -0.05) is 18.5 Å². The van der Waals surface area contributed by atoms with E-state index in [1.165, 1.54) is 19.4 Å². The number of hydrogen-bond acceptors (Lipinski definition) is 4. The second-order valence-electron chi connectivity index (χ2n) is 3.21. The lowest BCUT2D eigenvalue weighted by molar-refractivity contribution is -0.143. The van der Waals surface area contributed by atoms with Gasteiger partial charge in [-0.2, -0.15) is 0 Å². The Morgan fingerprint density at radius 1 is 1.50 bits per heavy atom. The van der Waals surface area contributed by atoms with Crippen molar-refractivity contribution >= 4 is 23.4 Å². The fourth-order valence-corrected chi connectivity index (χ4v) is 1.41. The van der Waals surface area contributed by atoms with Crippen molar-refractivity contribution in [3.8, 4) is 0 Å². The first kappa shape index (κ1) is 12.6. The fraction of sp³-hybridized carbons (Fsp3) is 0.364. The zero-order valence-corrected chi connectivity index (χ0v) is 9.82. The molecule has 0 N–H and O–H groups in total. The summed E-state index contributed by atoms with van der Waals surface area (Å²) in [4.78, 5) is 27.1. The summed E-state index contributed by atoms with van der Waals surface area (Å²) in [6.45, 7) is 1.75. The van der Waals surface area contributed by atoms with Crippen LogP contribution in [0.3, 0.4) is 0 Å². The van der Waals surface area contributed by atoms with Gasteiger partial charge in [0.25, 0.3) is 0 Å². The average molecular weight is 242 g/mol. The first-order valence-corrected chi connectivity index (χ1v) is 5.21. The number of pyridine rings is 1. The van der Waals surface area contributed by atoms with Crippen LogP contribution < -0.4 is 0 Å². The van der Waals surface area contributed by atoms with E-state index >= 15 is 0 Å². The Bertz CT molecular complexity index is 389. The molecule has 0 fully saturated rings. The zero-order valence-electron chi connectivity index (χ0n) is 9.07. The van der Waals surface area contributed by atoms with Gasteiger partial charge in [-0.25, -0.2) is 0 Å². The van der Waals surface area contributed by atoms with E-state index in [0.717, 1.165) is 0 Å². The molecule has 1 aromatic rings. The Morgan fingerprint density at radius 3 is 2.62 bits per heavy atom. The molecule has 0 aromatic carbocycles. The number of nitrogens with zero attached hydrogens (tertiary/aromatic N) is 1. The number of carbonyl (C=O) groups is 2. The molecule has 0 radical (unpaired) electrons. The molecule has 0 aliphatic heterocycles. The highest BCUT2D eigenvalue weighted by atomic mass is 35.5. The van der Waals surface area contributed by atoms with Gasteiger partial charge in [-0.3, -0.25) is 14.6 Å². The third-order valence-corrected chi connectivity index (χ3v) is 2.41. The normalized spacial score (nSPS) is 11.9. The highest BCUT2D eigenvalue weighted by Gasteiger charge is 2.27. The minimum absolute atomic E-state index is 0.224. The Hall–Kier alpha value is -1.42. The molecule has 1 atom stereocenters. The fourth-order valence-electron chi connectivity index (χ4n) is 1.30. The van der Waals surface area contributed by atoms with E-state index in [0.29, 0.717) is 11.4 Å². The lowest BCUT2D eigenvalue weighted by atomic mass is 9.98. The molecule has 0 aliphatic carbocycles. The Kier molecular flexibility index (Phi) is 4.43. The Balaban J connectivity index is 2.91. The third-order valence-electron chi connectivity index (χ3n) is 2.19. The maximum Gasteiger partial charge on any atom is 0.316 e. The second kappa shape index (κ2) is 5.61. The summed E-state index contributed by atoms with van der Waals surface area (Å²) in [6, 6.07) is 3.06. The van der Waals surface area contributed by atoms with Crippen LogP contribution in [0.25, 0.3) is 0 Å². The molecule has 0 amide bonds. The summed E-state index contributed by atoms with van der Waals surface area (Å²) >= 11 is 5.65. The lowest BCUT2D eigenvalue weighted by Crippen LogP contribution is -2.25. The van der Waals surface area contributed by atoms with Gasteiger partial charge in [0.1, 0.15) is 11.6 Å². The summed E-state index contributed by atoms with van der Waals surface area (Å²) in [5.74, 6) is -1.67. The minimum atomic E-state index is -0.793. The van der Waals surface area contributed by atoms with Gasteiger partial charge in [0, 0.05) is 6.20 Å². The number of aromatic nitrogens is 1. The average Bonchev–Trinajstić information content (AvgIpc) is 2.30. The van der Waals surface area contributed by atoms with Crippen LogP contribution in [0.2, 0.25) is 5.02 Å². The number of carbonyl (C=O) groups excluding carboxylic acids is 2. The quantitative estimate of drug-likeness (QED) is 0.460. The standard InChI is InChI=1S/C11H12ClNO3/c1-3-8(11(15)16-2)10(14)9-5-4-7(12)6-13-9/h4-6,8H,3H2,1-2H3. The van der Waals surface area contributed by atoms with Crippen molar-refractivity contribution in [2.24, 2.45) is 5.92 Å². The number of ketones is 1. The number of rotatable bonds is 4. The first-order valence-electron chi connectivity index (χ1n) is 4.83. The van der Waals surface area contributed by atoms with Crippen LogP contribution in [0.15, 0.2) is 18.3 Å². The van der Waals surface area contributed by atoms with Crippen LogP contribution in [0.1, 0.15) is 23.8 Å². The van der Waals surface area contributed by atoms with Crippen molar-refractivity contribution in [2.45, 2.75) is 13.3 Å². The smallest absolute Gasteiger partial charge is 0.316 e. The molecule has 1 rings (SSSR count). The predicted molar refractivity (Wildman–Crippen MR) is 59.4 cm³/mol. The highest BCUT2D eigenvalue weighted by Crippen LogP contribution is 2.14. The van der Waals surface area contributed by atoms with Crippen molar-refractivity contribution in [1.29, 1.82) is 0 Å². The molecule has 0 aliphatic rings. The Morgan fingerprint density at radius 2 is 2.19 bits per heavy atom. The maximum absolute atomic E-state index is 11.9. The van der Waals surface area contributed by atoms with Gasteiger partial charge < -0.3 is 4.74 Å². The molecule has 16 heavy (non-hydrogen) atoms. The van der Waals surface area contributed by atoms with E-state index in [9.17, 15) is 9.59 Å². The van der Waals surface area contributed by atoms with Gasteiger partial charge in [0.05, 0.1) is 12.1 Å². The molecule has 0 bridgehead atoms. The summed E-state index contributed by atoms with van der Waals surface area (Å²) in [5.41, 5.74) is 0.224. The van der Waals surface area contributed by atoms with E-state index in [1.807, 2.05) is 0 Å². The maximum atomic E-state index is 11.9. The van der Waals surface area contributed by atoms with Gasteiger partial charge >= 0.3 is 5.97 Å². The number of hydrogen-bond donors (Lipinski definition) is 0. The summed E-state index contributed by atoms with van der Waals surface area (Å²) in [6.07, 6.45) is 1.76. The molecule has 4 nitrogen and oxygen atoms in total. The lowest BCUT2D eigenvalue weighted by Gasteiger charge is -2.10. The molecule has 1 heterocycles. The molecule has 1 aromatic heterocycles. The summed E-state index contributed by atoms with van der Waals surface area (Å²) < 4.78 is 4.56.